The molecule has 2 aromatic heterocycles. The van der Waals surface area contributed by atoms with Crippen molar-refractivity contribution in [1.29, 1.82) is 0 Å². The van der Waals surface area contributed by atoms with Gasteiger partial charge in [0.1, 0.15) is 11.5 Å². The predicted molar refractivity (Wildman–Crippen MR) is 121 cm³/mol. The second-order valence-corrected chi connectivity index (χ2v) is 7.58. The minimum Gasteiger partial charge on any atom is -0.457 e. The normalized spacial score (nSPS) is 14.8. The highest BCUT2D eigenvalue weighted by Gasteiger charge is 2.21. The van der Waals surface area contributed by atoms with Crippen molar-refractivity contribution in [2.45, 2.75) is 0 Å². The van der Waals surface area contributed by atoms with Crippen LogP contribution in [0.2, 0.25) is 0 Å². The van der Waals surface area contributed by atoms with E-state index in [0.29, 0.717) is 0 Å². The largest absolute Gasteiger partial charge is 0.457 e. The summed E-state index contributed by atoms with van der Waals surface area (Å²) in [6, 6.07) is 17.8. The van der Waals surface area contributed by atoms with Crippen LogP contribution in [0.5, 0.6) is 11.5 Å². The van der Waals surface area contributed by atoms with Crippen molar-refractivity contribution >= 4 is 11.5 Å². The number of aromatic nitrogens is 3. The van der Waals surface area contributed by atoms with Gasteiger partial charge in [-0.3, -0.25) is 9.30 Å². The van der Waals surface area contributed by atoms with E-state index in [0.717, 1.165) is 66.9 Å². The van der Waals surface area contributed by atoms with Crippen molar-refractivity contribution in [3.05, 3.63) is 73.2 Å². The topological polar surface area (TPSA) is 66.1 Å². The van der Waals surface area contributed by atoms with E-state index in [-0.39, 0.29) is 6.61 Å². The minimum absolute atomic E-state index is 0.201. The maximum absolute atomic E-state index is 9.16. The van der Waals surface area contributed by atoms with Crippen LogP contribution in [-0.2, 0) is 0 Å². The molecule has 7 nitrogen and oxygen atoms in total. The summed E-state index contributed by atoms with van der Waals surface area (Å²) in [7, 11) is 0. The fourth-order valence-corrected chi connectivity index (χ4v) is 3.99. The molecule has 1 aliphatic rings. The van der Waals surface area contributed by atoms with Gasteiger partial charge in [-0.25, -0.2) is 9.97 Å². The molecular formula is C24H25N5O2. The molecule has 1 N–H and O–H groups in total. The van der Waals surface area contributed by atoms with E-state index in [1.54, 1.807) is 0 Å². The Bertz CT molecular complexity index is 1140. The van der Waals surface area contributed by atoms with Crippen LogP contribution < -0.4 is 9.64 Å². The summed E-state index contributed by atoms with van der Waals surface area (Å²) in [6.45, 7) is 4.51. The molecule has 0 amide bonds. The van der Waals surface area contributed by atoms with Gasteiger partial charge in [-0.2, -0.15) is 0 Å². The molecule has 0 unspecified atom stereocenters. The van der Waals surface area contributed by atoms with Gasteiger partial charge in [-0.15, -0.1) is 0 Å². The molecule has 1 fully saturated rings. The lowest BCUT2D eigenvalue weighted by Crippen LogP contribution is -2.47. The highest BCUT2D eigenvalue weighted by atomic mass is 16.5. The number of piperazine rings is 1. The lowest BCUT2D eigenvalue weighted by atomic mass is 10.1. The third kappa shape index (κ3) is 4.10. The standard InChI is InChI=1S/C24H25N5O2/c30-17-16-27-12-14-28(15-13-27)23-24-25-10-11-29(24)22(18-26-23)19-6-8-21(9-7-19)31-20-4-2-1-3-5-20/h1-11,18,30H,12-17H2. The molecule has 0 saturated carbocycles. The third-order valence-electron chi connectivity index (χ3n) is 5.63. The first-order valence-corrected chi connectivity index (χ1v) is 10.6. The summed E-state index contributed by atoms with van der Waals surface area (Å²) in [4.78, 5) is 13.9. The smallest absolute Gasteiger partial charge is 0.180 e. The zero-order chi connectivity index (χ0) is 21.0. The van der Waals surface area contributed by atoms with Gasteiger partial charge in [0.2, 0.25) is 0 Å². The first-order chi connectivity index (χ1) is 15.3. The summed E-state index contributed by atoms with van der Waals surface area (Å²) in [5.41, 5.74) is 2.90. The van der Waals surface area contributed by atoms with Crippen molar-refractivity contribution in [3.63, 3.8) is 0 Å². The minimum atomic E-state index is 0.201. The number of anilines is 1. The van der Waals surface area contributed by atoms with Gasteiger partial charge in [-0.05, 0) is 36.4 Å². The molecule has 1 aliphatic heterocycles. The number of β-amino-alcohol motifs (C(OH)–C–C–N with tert-alkyl or cyclic N) is 1. The molecule has 1 saturated heterocycles. The quantitative estimate of drug-likeness (QED) is 0.521. The molecule has 7 heteroatoms. The fraction of sp³-hybridized carbons (Fsp3) is 0.250. The third-order valence-corrected chi connectivity index (χ3v) is 5.63. The number of fused-ring (bicyclic) bond motifs is 1. The monoisotopic (exact) mass is 415 g/mol. The highest BCUT2D eigenvalue weighted by molar-refractivity contribution is 5.71. The summed E-state index contributed by atoms with van der Waals surface area (Å²) in [5, 5.41) is 9.16. The number of benzene rings is 2. The van der Waals surface area contributed by atoms with Crippen LogP contribution in [0, 0.1) is 0 Å². The van der Waals surface area contributed by atoms with Gasteiger partial charge in [0.05, 0.1) is 18.5 Å². The van der Waals surface area contributed by atoms with E-state index in [9.17, 15) is 0 Å². The second-order valence-electron chi connectivity index (χ2n) is 7.58. The van der Waals surface area contributed by atoms with Gasteiger partial charge >= 0.3 is 0 Å². The van der Waals surface area contributed by atoms with E-state index in [2.05, 4.69) is 19.2 Å². The Hall–Kier alpha value is -3.42. The van der Waals surface area contributed by atoms with Crippen molar-refractivity contribution in [2.24, 2.45) is 0 Å². The number of hydrogen-bond donors (Lipinski definition) is 1. The number of nitrogens with zero attached hydrogens (tertiary/aromatic N) is 5. The molecule has 0 bridgehead atoms. The van der Waals surface area contributed by atoms with E-state index >= 15 is 0 Å². The molecular weight excluding hydrogens is 390 g/mol. The van der Waals surface area contributed by atoms with Gasteiger partial charge < -0.3 is 14.7 Å². The molecule has 0 aliphatic carbocycles. The summed E-state index contributed by atoms with van der Waals surface area (Å²) in [5.74, 6) is 2.51. The molecule has 0 atom stereocenters. The summed E-state index contributed by atoms with van der Waals surface area (Å²) in [6.07, 6.45) is 5.71. The van der Waals surface area contributed by atoms with E-state index in [1.165, 1.54) is 0 Å². The molecule has 4 aromatic rings. The van der Waals surface area contributed by atoms with Crippen LogP contribution >= 0.6 is 0 Å². The highest BCUT2D eigenvalue weighted by Crippen LogP contribution is 2.28. The Kier molecular flexibility index (Phi) is 5.52. The van der Waals surface area contributed by atoms with E-state index in [1.807, 2.05) is 73.2 Å². The van der Waals surface area contributed by atoms with Crippen molar-refractivity contribution in [1.82, 2.24) is 19.3 Å². The number of imidazole rings is 1. The fourth-order valence-electron chi connectivity index (χ4n) is 3.99. The van der Waals surface area contributed by atoms with Gasteiger partial charge in [0.25, 0.3) is 0 Å². The van der Waals surface area contributed by atoms with E-state index < -0.39 is 0 Å². The maximum atomic E-state index is 9.16. The molecule has 2 aromatic carbocycles. The van der Waals surface area contributed by atoms with E-state index in [4.69, 9.17) is 14.8 Å². The van der Waals surface area contributed by atoms with Crippen LogP contribution in [0.15, 0.2) is 73.2 Å². The Morgan fingerprint density at radius 3 is 2.35 bits per heavy atom. The number of aliphatic hydroxyl groups excluding tert-OH is 1. The molecule has 5 rings (SSSR count). The molecule has 3 heterocycles. The Morgan fingerprint density at radius 1 is 0.871 bits per heavy atom. The number of aliphatic hydroxyl groups is 1. The van der Waals surface area contributed by atoms with Crippen LogP contribution in [0.1, 0.15) is 0 Å². The summed E-state index contributed by atoms with van der Waals surface area (Å²) < 4.78 is 8.00. The first-order valence-electron chi connectivity index (χ1n) is 10.6. The van der Waals surface area contributed by atoms with Crippen LogP contribution in [-0.4, -0.2) is 63.7 Å². The van der Waals surface area contributed by atoms with Crippen LogP contribution in [0.3, 0.4) is 0 Å². The van der Waals surface area contributed by atoms with Gasteiger partial charge in [0, 0.05) is 50.7 Å². The molecule has 158 valence electrons. The SMILES string of the molecule is OCCN1CCN(c2ncc(-c3ccc(Oc4ccccc4)cc3)n3ccnc23)CC1. The van der Waals surface area contributed by atoms with Crippen LogP contribution in [0.25, 0.3) is 16.9 Å². The first kappa shape index (κ1) is 19.5. The molecule has 31 heavy (non-hydrogen) atoms. The van der Waals surface area contributed by atoms with Crippen molar-refractivity contribution in [3.8, 4) is 22.8 Å². The maximum Gasteiger partial charge on any atom is 0.180 e. The number of hydrogen-bond acceptors (Lipinski definition) is 6. The molecule has 0 radical (unpaired) electrons. The predicted octanol–water partition coefficient (Wildman–Crippen LogP) is 3.30. The number of para-hydroxylation sites is 1. The summed E-state index contributed by atoms with van der Waals surface area (Å²) >= 11 is 0. The Labute approximate surface area is 181 Å². The van der Waals surface area contributed by atoms with Crippen LogP contribution in [0.4, 0.5) is 5.82 Å². The van der Waals surface area contributed by atoms with Gasteiger partial charge in [0.15, 0.2) is 11.5 Å². The average Bonchev–Trinajstić information content (AvgIpc) is 3.31. The lowest BCUT2D eigenvalue weighted by molar-refractivity contribution is 0.188. The molecule has 0 spiro atoms. The number of ether oxygens (including phenoxy) is 1. The zero-order valence-corrected chi connectivity index (χ0v) is 17.3. The Balaban J connectivity index is 1.38. The van der Waals surface area contributed by atoms with Crippen molar-refractivity contribution in [2.75, 3.05) is 44.2 Å². The lowest BCUT2D eigenvalue weighted by Gasteiger charge is -2.35. The Morgan fingerprint density at radius 2 is 1.61 bits per heavy atom. The van der Waals surface area contributed by atoms with Gasteiger partial charge in [-0.1, -0.05) is 18.2 Å². The average molecular weight is 415 g/mol. The zero-order valence-electron chi connectivity index (χ0n) is 17.3. The second kappa shape index (κ2) is 8.75. The van der Waals surface area contributed by atoms with Crippen molar-refractivity contribution < 1.29 is 9.84 Å². The number of rotatable bonds is 6.